The lowest BCUT2D eigenvalue weighted by Gasteiger charge is -2.26. The van der Waals surface area contributed by atoms with Crippen molar-refractivity contribution in [1.82, 2.24) is 14.8 Å². The highest BCUT2D eigenvalue weighted by atomic mass is 15.4. The molecule has 0 aromatic carbocycles. The van der Waals surface area contributed by atoms with E-state index in [2.05, 4.69) is 21.1 Å². The van der Waals surface area contributed by atoms with Crippen LogP contribution in [0.1, 0.15) is 24.8 Å². The number of anilines is 2. The topological polar surface area (TPSA) is 83.8 Å². The van der Waals surface area contributed by atoms with Gasteiger partial charge in [-0.25, -0.2) is 4.68 Å². The number of nitriles is 1. The average Bonchev–Trinajstić information content (AvgIpc) is 2.86. The fourth-order valence-electron chi connectivity index (χ4n) is 2.54. The minimum Gasteiger partial charge on any atom is -0.382 e. The zero-order valence-corrected chi connectivity index (χ0v) is 11.2. The Morgan fingerprint density at radius 2 is 1.85 bits per heavy atom. The van der Waals surface area contributed by atoms with Crippen LogP contribution in [-0.2, 0) is 0 Å². The maximum absolute atomic E-state index is 9.37. The van der Waals surface area contributed by atoms with Crippen LogP contribution < -0.4 is 10.6 Å². The summed E-state index contributed by atoms with van der Waals surface area (Å²) in [6.45, 7) is 1.86. The van der Waals surface area contributed by atoms with Gasteiger partial charge >= 0.3 is 0 Å². The molecule has 1 saturated heterocycles. The number of aromatic nitrogens is 3. The van der Waals surface area contributed by atoms with Crippen LogP contribution in [0.2, 0.25) is 0 Å². The summed E-state index contributed by atoms with van der Waals surface area (Å²) in [6.07, 6.45) is 6.87. The van der Waals surface area contributed by atoms with Gasteiger partial charge in [0.25, 0.3) is 0 Å². The zero-order chi connectivity index (χ0) is 13.9. The Bertz CT molecular complexity index is 634. The van der Waals surface area contributed by atoms with E-state index in [0.717, 1.165) is 31.6 Å². The third kappa shape index (κ3) is 2.07. The first-order chi connectivity index (χ1) is 9.81. The lowest BCUT2D eigenvalue weighted by Crippen LogP contribution is -2.30. The van der Waals surface area contributed by atoms with Crippen LogP contribution >= 0.6 is 0 Å². The van der Waals surface area contributed by atoms with Gasteiger partial charge in [0.1, 0.15) is 17.5 Å². The van der Waals surface area contributed by atoms with Gasteiger partial charge in [-0.1, -0.05) is 0 Å². The van der Waals surface area contributed by atoms with E-state index < -0.39 is 0 Å². The van der Waals surface area contributed by atoms with Gasteiger partial charge in [0, 0.05) is 25.5 Å². The summed E-state index contributed by atoms with van der Waals surface area (Å²) in [7, 11) is 0. The average molecular weight is 268 g/mol. The molecule has 2 aromatic rings. The Morgan fingerprint density at radius 1 is 1.15 bits per heavy atom. The molecule has 0 radical (unpaired) electrons. The predicted molar refractivity (Wildman–Crippen MR) is 76.6 cm³/mol. The lowest BCUT2D eigenvalue weighted by atomic mass is 10.1. The van der Waals surface area contributed by atoms with Crippen molar-refractivity contribution in [3.8, 4) is 11.8 Å². The summed E-state index contributed by atoms with van der Waals surface area (Å²) < 4.78 is 1.62. The van der Waals surface area contributed by atoms with Crippen molar-refractivity contribution >= 4 is 11.6 Å². The first-order valence-corrected chi connectivity index (χ1v) is 6.75. The second-order valence-electron chi connectivity index (χ2n) is 4.86. The van der Waals surface area contributed by atoms with Crippen molar-refractivity contribution in [2.24, 2.45) is 0 Å². The minimum absolute atomic E-state index is 0.388. The van der Waals surface area contributed by atoms with E-state index in [1.807, 2.05) is 12.1 Å². The predicted octanol–water partition coefficient (Wildman–Crippen LogP) is 1.71. The van der Waals surface area contributed by atoms with Crippen molar-refractivity contribution in [2.75, 3.05) is 23.7 Å². The van der Waals surface area contributed by atoms with Crippen LogP contribution in [0.5, 0.6) is 0 Å². The summed E-state index contributed by atoms with van der Waals surface area (Å²) in [5.74, 6) is 1.08. The van der Waals surface area contributed by atoms with E-state index in [0.29, 0.717) is 17.2 Å². The van der Waals surface area contributed by atoms with Crippen LogP contribution in [0, 0.1) is 11.3 Å². The number of rotatable bonds is 2. The number of pyridine rings is 1. The zero-order valence-electron chi connectivity index (χ0n) is 11.2. The third-order valence-corrected chi connectivity index (χ3v) is 3.58. The highest BCUT2D eigenvalue weighted by Gasteiger charge is 2.22. The van der Waals surface area contributed by atoms with Crippen LogP contribution in [0.15, 0.2) is 24.5 Å². The van der Waals surface area contributed by atoms with E-state index in [4.69, 9.17) is 5.73 Å². The molecular weight excluding hydrogens is 252 g/mol. The van der Waals surface area contributed by atoms with Crippen molar-refractivity contribution in [3.63, 3.8) is 0 Å². The normalized spacial score (nSPS) is 15.1. The maximum Gasteiger partial charge on any atom is 0.171 e. The first kappa shape index (κ1) is 12.5. The number of nitrogen functional groups attached to an aromatic ring is 1. The minimum atomic E-state index is 0.388. The van der Waals surface area contributed by atoms with Crippen LogP contribution in [0.3, 0.4) is 0 Å². The second-order valence-corrected chi connectivity index (χ2v) is 4.86. The summed E-state index contributed by atoms with van der Waals surface area (Å²) in [6, 6.07) is 5.83. The monoisotopic (exact) mass is 268 g/mol. The van der Waals surface area contributed by atoms with Crippen molar-refractivity contribution < 1.29 is 0 Å². The van der Waals surface area contributed by atoms with Crippen LogP contribution in [0.4, 0.5) is 11.6 Å². The molecule has 0 amide bonds. The van der Waals surface area contributed by atoms with Gasteiger partial charge in [-0.15, -0.1) is 5.10 Å². The molecule has 0 spiro atoms. The smallest absolute Gasteiger partial charge is 0.171 e. The van der Waals surface area contributed by atoms with E-state index in [9.17, 15) is 5.26 Å². The Labute approximate surface area is 117 Å². The molecule has 0 bridgehead atoms. The lowest BCUT2D eigenvalue weighted by molar-refractivity contribution is 0.571. The van der Waals surface area contributed by atoms with Gasteiger partial charge in [0.2, 0.25) is 0 Å². The van der Waals surface area contributed by atoms with Crippen molar-refractivity contribution in [3.05, 3.63) is 30.1 Å². The highest BCUT2D eigenvalue weighted by Crippen LogP contribution is 2.28. The Hall–Kier alpha value is -2.55. The van der Waals surface area contributed by atoms with E-state index in [1.54, 1.807) is 17.1 Å². The SMILES string of the molecule is N#Cc1c(N2CCCCC2)nn(-c2ccncc2)c1N. The number of nitrogens with two attached hydrogens (primary N) is 1. The van der Waals surface area contributed by atoms with Gasteiger partial charge < -0.3 is 10.6 Å². The van der Waals surface area contributed by atoms with Crippen LogP contribution in [-0.4, -0.2) is 27.9 Å². The molecule has 1 fully saturated rings. The first-order valence-electron chi connectivity index (χ1n) is 6.75. The van der Waals surface area contributed by atoms with Crippen molar-refractivity contribution in [1.29, 1.82) is 5.26 Å². The molecule has 102 valence electrons. The molecule has 3 heterocycles. The van der Waals surface area contributed by atoms with Gasteiger partial charge in [0.05, 0.1) is 5.69 Å². The molecule has 0 atom stereocenters. The molecule has 6 heteroatoms. The molecule has 20 heavy (non-hydrogen) atoms. The molecule has 6 nitrogen and oxygen atoms in total. The quantitative estimate of drug-likeness (QED) is 0.896. The number of hydrogen-bond donors (Lipinski definition) is 1. The highest BCUT2D eigenvalue weighted by molar-refractivity contribution is 5.67. The van der Waals surface area contributed by atoms with Gasteiger partial charge in [-0.2, -0.15) is 5.26 Å². The fraction of sp³-hybridized carbons (Fsp3) is 0.357. The van der Waals surface area contributed by atoms with Gasteiger partial charge in [-0.05, 0) is 31.4 Å². The summed E-state index contributed by atoms with van der Waals surface area (Å²) in [5, 5.41) is 13.9. The molecule has 3 rings (SSSR count). The van der Waals surface area contributed by atoms with Gasteiger partial charge in [-0.3, -0.25) is 4.98 Å². The summed E-state index contributed by atoms with van der Waals surface area (Å²) >= 11 is 0. The Morgan fingerprint density at radius 3 is 2.50 bits per heavy atom. The molecule has 1 aliphatic rings. The second kappa shape index (κ2) is 5.21. The van der Waals surface area contributed by atoms with Crippen molar-refractivity contribution in [2.45, 2.75) is 19.3 Å². The van der Waals surface area contributed by atoms with E-state index in [1.165, 1.54) is 6.42 Å². The van der Waals surface area contributed by atoms with Crippen LogP contribution in [0.25, 0.3) is 5.69 Å². The third-order valence-electron chi connectivity index (χ3n) is 3.58. The van der Waals surface area contributed by atoms with E-state index in [-0.39, 0.29) is 0 Å². The summed E-state index contributed by atoms with van der Waals surface area (Å²) in [4.78, 5) is 6.13. The molecule has 0 saturated carbocycles. The standard InChI is InChI=1S/C14H16N6/c15-10-12-13(16)20(11-4-6-17-7-5-11)18-14(12)19-8-2-1-3-9-19/h4-7H,1-3,8-9,16H2. The Balaban J connectivity index is 2.05. The number of nitrogens with zero attached hydrogens (tertiary/aromatic N) is 5. The Kier molecular flexibility index (Phi) is 3.25. The number of piperidine rings is 1. The number of hydrogen-bond acceptors (Lipinski definition) is 5. The van der Waals surface area contributed by atoms with E-state index >= 15 is 0 Å². The molecule has 0 unspecified atom stereocenters. The maximum atomic E-state index is 9.37. The summed E-state index contributed by atoms with van der Waals surface area (Å²) in [5.41, 5.74) is 7.36. The molecule has 1 aliphatic heterocycles. The molecule has 2 N–H and O–H groups in total. The molecule has 2 aromatic heterocycles. The fourth-order valence-corrected chi connectivity index (χ4v) is 2.54. The van der Waals surface area contributed by atoms with Gasteiger partial charge in [0.15, 0.2) is 5.82 Å². The molecular formula is C14H16N6. The molecule has 0 aliphatic carbocycles. The largest absolute Gasteiger partial charge is 0.382 e.